The highest BCUT2D eigenvalue weighted by atomic mass is 16.6. The molecule has 0 saturated heterocycles. The lowest BCUT2D eigenvalue weighted by Gasteiger charge is -2.14. The third-order valence-electron chi connectivity index (χ3n) is 4.21. The number of carbonyl (C=O) groups is 2. The van der Waals surface area contributed by atoms with E-state index in [1.165, 1.54) is 37.6 Å². The van der Waals surface area contributed by atoms with Crippen LogP contribution in [0.25, 0.3) is 0 Å². The first-order valence-electron chi connectivity index (χ1n) is 10.9. The minimum atomic E-state index is -0.699. The minimum Gasteiger partial charge on any atom is -0.392 e. The molecule has 0 aliphatic carbocycles. The fraction of sp³-hybridized carbons (Fsp3) is 0.542. The predicted molar refractivity (Wildman–Crippen MR) is 124 cm³/mol. The highest BCUT2D eigenvalue weighted by Crippen LogP contribution is 2.02. The number of allylic oxidation sites excluding steroid dienone is 8. The summed E-state index contributed by atoms with van der Waals surface area (Å²) >= 11 is 0. The van der Waals surface area contributed by atoms with Gasteiger partial charge in [0.05, 0.1) is 0 Å². The Morgan fingerprint density at radius 1 is 0.833 bits per heavy atom. The zero-order valence-electron chi connectivity index (χ0n) is 18.6. The van der Waals surface area contributed by atoms with Crippen LogP contribution >= 0.6 is 0 Å². The molecule has 0 rings (SSSR count). The average molecular weight is 418 g/mol. The maximum atomic E-state index is 11.6. The zero-order chi connectivity index (χ0) is 22.5. The molecule has 0 heterocycles. The second-order valence-corrected chi connectivity index (χ2v) is 7.07. The molecule has 30 heavy (non-hydrogen) atoms. The summed E-state index contributed by atoms with van der Waals surface area (Å²) in [6.45, 7) is 2.01. The Morgan fingerprint density at radius 3 is 1.83 bits per heavy atom. The van der Waals surface area contributed by atoms with Crippen LogP contribution in [0, 0.1) is 5.41 Å². The highest BCUT2D eigenvalue weighted by molar-refractivity contribution is 5.88. The molecule has 0 unspecified atom stereocenters. The molecule has 0 amide bonds. The van der Waals surface area contributed by atoms with Crippen LogP contribution in [0.1, 0.15) is 71.1 Å². The van der Waals surface area contributed by atoms with Crippen molar-refractivity contribution in [1.82, 2.24) is 4.90 Å². The first kappa shape index (κ1) is 27.4. The SMILES string of the molecule is CCCCC/C=C/C/C=C/C/C=C/C/C=C/CCCC(=O)OC(=O)CN(C)C(=N)N. The molecule has 0 radical (unpaired) electrons. The van der Waals surface area contributed by atoms with Crippen LogP contribution in [0.2, 0.25) is 0 Å². The molecule has 3 N–H and O–H groups in total. The van der Waals surface area contributed by atoms with E-state index in [-0.39, 0.29) is 18.9 Å². The molecule has 0 aromatic rings. The van der Waals surface area contributed by atoms with Gasteiger partial charge >= 0.3 is 11.9 Å². The number of likely N-dealkylation sites (N-methyl/N-ethyl adjacent to an activating group) is 1. The van der Waals surface area contributed by atoms with Crippen LogP contribution in [0.15, 0.2) is 48.6 Å². The van der Waals surface area contributed by atoms with Crippen LogP contribution in [0.4, 0.5) is 0 Å². The molecular formula is C24H39N3O3. The number of nitrogens with zero attached hydrogens (tertiary/aromatic N) is 1. The molecule has 0 spiro atoms. The van der Waals surface area contributed by atoms with E-state index in [0.717, 1.165) is 25.7 Å². The summed E-state index contributed by atoms with van der Waals surface area (Å²) < 4.78 is 4.68. The van der Waals surface area contributed by atoms with Gasteiger partial charge in [-0.3, -0.25) is 10.2 Å². The molecule has 0 aromatic carbocycles. The van der Waals surface area contributed by atoms with E-state index in [2.05, 4.69) is 54.2 Å². The van der Waals surface area contributed by atoms with Gasteiger partial charge in [-0.2, -0.15) is 0 Å². The molecule has 0 bridgehead atoms. The summed E-state index contributed by atoms with van der Waals surface area (Å²) in [5.74, 6) is -1.50. The third-order valence-corrected chi connectivity index (χ3v) is 4.21. The molecule has 168 valence electrons. The maximum Gasteiger partial charge on any atom is 0.333 e. The van der Waals surface area contributed by atoms with Crippen LogP contribution in [-0.2, 0) is 14.3 Å². The van der Waals surface area contributed by atoms with Crippen molar-refractivity contribution in [2.45, 2.75) is 71.1 Å². The monoisotopic (exact) mass is 417 g/mol. The van der Waals surface area contributed by atoms with E-state index >= 15 is 0 Å². The Bertz CT molecular complexity index is 607. The Labute approximate surface area is 182 Å². The van der Waals surface area contributed by atoms with E-state index in [9.17, 15) is 9.59 Å². The minimum absolute atomic E-state index is 0.188. The standard InChI is InChI=1S/C24H39N3O3/c1-3-4-5-6-7-8-9-10-11-12-13-14-15-16-17-18-19-20-22(28)30-23(29)21-27(2)24(25)26/h7-8,10-11,13-14,16-17H,3-6,9,12,15,18-21H2,1-2H3,(H3,25,26)/b8-7+,11-10+,14-13+,17-16+. The molecule has 0 aliphatic heterocycles. The van der Waals surface area contributed by atoms with Gasteiger partial charge in [0.2, 0.25) is 0 Å². The van der Waals surface area contributed by atoms with Crippen LogP contribution in [0.5, 0.6) is 0 Å². The number of nitrogens with two attached hydrogens (primary N) is 1. The maximum absolute atomic E-state index is 11.6. The molecular weight excluding hydrogens is 378 g/mol. The molecule has 0 aromatic heterocycles. The van der Waals surface area contributed by atoms with Crippen molar-refractivity contribution in [1.29, 1.82) is 5.41 Å². The number of hydrogen-bond acceptors (Lipinski definition) is 4. The van der Waals surface area contributed by atoms with Crippen molar-refractivity contribution in [2.24, 2.45) is 5.73 Å². The molecule has 6 heteroatoms. The second kappa shape index (κ2) is 19.7. The first-order valence-corrected chi connectivity index (χ1v) is 10.9. The topological polar surface area (TPSA) is 96.5 Å². The smallest absolute Gasteiger partial charge is 0.333 e. The summed E-state index contributed by atoms with van der Waals surface area (Å²) in [5, 5.41) is 7.16. The lowest BCUT2D eigenvalue weighted by atomic mass is 10.2. The van der Waals surface area contributed by atoms with Crippen LogP contribution < -0.4 is 5.73 Å². The molecule has 0 aliphatic rings. The van der Waals surface area contributed by atoms with Crippen molar-refractivity contribution in [3.05, 3.63) is 48.6 Å². The number of unbranched alkanes of at least 4 members (excludes halogenated alkanes) is 4. The van der Waals surface area contributed by atoms with E-state index in [1.54, 1.807) is 0 Å². The number of nitrogens with one attached hydrogen (secondary N) is 1. The van der Waals surface area contributed by atoms with Crippen molar-refractivity contribution in [3.8, 4) is 0 Å². The second-order valence-electron chi connectivity index (χ2n) is 7.07. The van der Waals surface area contributed by atoms with Gasteiger partial charge in [-0.05, 0) is 44.9 Å². The van der Waals surface area contributed by atoms with E-state index < -0.39 is 11.9 Å². The van der Waals surface area contributed by atoms with Gasteiger partial charge in [0, 0.05) is 13.5 Å². The number of esters is 2. The van der Waals surface area contributed by atoms with Gasteiger partial charge in [0.15, 0.2) is 5.96 Å². The number of hydrogen-bond donors (Lipinski definition) is 2. The Kier molecular flexibility index (Phi) is 18.0. The molecule has 0 fully saturated rings. The van der Waals surface area contributed by atoms with Gasteiger partial charge in [-0.15, -0.1) is 0 Å². The number of carbonyl (C=O) groups excluding carboxylic acids is 2. The lowest BCUT2D eigenvalue weighted by Crippen LogP contribution is -2.37. The summed E-state index contributed by atoms with van der Waals surface area (Å²) in [4.78, 5) is 24.3. The fourth-order valence-corrected chi connectivity index (χ4v) is 2.41. The largest absolute Gasteiger partial charge is 0.392 e. The lowest BCUT2D eigenvalue weighted by molar-refractivity contribution is -0.159. The molecule has 6 nitrogen and oxygen atoms in total. The Hall–Kier alpha value is -2.63. The van der Waals surface area contributed by atoms with E-state index in [0.29, 0.717) is 6.42 Å². The van der Waals surface area contributed by atoms with Gasteiger partial charge in [0.25, 0.3) is 0 Å². The predicted octanol–water partition coefficient (Wildman–Crippen LogP) is 5.03. The summed E-state index contributed by atoms with van der Waals surface area (Å²) in [6, 6.07) is 0. The summed E-state index contributed by atoms with van der Waals surface area (Å²) in [5.41, 5.74) is 5.22. The van der Waals surface area contributed by atoms with Crippen molar-refractivity contribution in [2.75, 3.05) is 13.6 Å². The number of rotatable bonds is 16. The van der Waals surface area contributed by atoms with E-state index in [1.807, 2.05) is 6.08 Å². The van der Waals surface area contributed by atoms with E-state index in [4.69, 9.17) is 11.1 Å². The first-order chi connectivity index (χ1) is 14.5. The van der Waals surface area contributed by atoms with Gasteiger partial charge in [-0.1, -0.05) is 68.4 Å². The number of guanidine groups is 1. The number of ether oxygens (including phenoxy) is 1. The summed E-state index contributed by atoms with van der Waals surface area (Å²) in [7, 11) is 1.48. The van der Waals surface area contributed by atoms with Crippen molar-refractivity contribution < 1.29 is 14.3 Å². The van der Waals surface area contributed by atoms with Crippen molar-refractivity contribution >= 4 is 17.9 Å². The van der Waals surface area contributed by atoms with Crippen molar-refractivity contribution in [3.63, 3.8) is 0 Å². The third kappa shape index (κ3) is 18.7. The summed E-state index contributed by atoms with van der Waals surface area (Å²) in [6.07, 6.45) is 26.7. The fourth-order valence-electron chi connectivity index (χ4n) is 2.41. The van der Waals surface area contributed by atoms with Crippen LogP contribution in [0.3, 0.4) is 0 Å². The Morgan fingerprint density at radius 2 is 1.33 bits per heavy atom. The molecule has 0 saturated carbocycles. The zero-order valence-corrected chi connectivity index (χ0v) is 18.6. The van der Waals surface area contributed by atoms with Gasteiger partial charge < -0.3 is 15.4 Å². The Balaban J connectivity index is 3.66. The molecule has 0 atom stereocenters. The van der Waals surface area contributed by atoms with Gasteiger partial charge in [-0.25, -0.2) is 4.79 Å². The normalized spacial score (nSPS) is 11.8. The van der Waals surface area contributed by atoms with Gasteiger partial charge in [0.1, 0.15) is 6.54 Å². The quantitative estimate of drug-likeness (QED) is 0.0917. The highest BCUT2D eigenvalue weighted by Gasteiger charge is 2.13. The van der Waals surface area contributed by atoms with Crippen LogP contribution in [-0.4, -0.2) is 36.4 Å². The average Bonchev–Trinajstić information content (AvgIpc) is 2.70.